The smallest absolute Gasteiger partial charge is 0.150 e. The Bertz CT molecular complexity index is 287. The van der Waals surface area contributed by atoms with E-state index in [0.29, 0.717) is 17.0 Å². The van der Waals surface area contributed by atoms with Crippen LogP contribution in [0.5, 0.6) is 0 Å². The molecular formula is C12H23ClO2S. The molecule has 2 unspecified atom stereocenters. The Labute approximate surface area is 105 Å². The second kappa shape index (κ2) is 6.85. The summed E-state index contributed by atoms with van der Waals surface area (Å²) in [4.78, 5) is 0. The number of halogens is 1. The largest absolute Gasteiger partial charge is 0.229 e. The second-order valence-corrected chi connectivity index (χ2v) is 7.95. The molecule has 96 valence electrons. The average molecular weight is 267 g/mol. The van der Waals surface area contributed by atoms with Crippen LogP contribution >= 0.6 is 11.6 Å². The molecule has 0 aromatic rings. The van der Waals surface area contributed by atoms with Gasteiger partial charge in [-0.1, -0.05) is 26.2 Å². The van der Waals surface area contributed by atoms with E-state index in [1.807, 2.05) is 0 Å². The molecule has 16 heavy (non-hydrogen) atoms. The zero-order valence-corrected chi connectivity index (χ0v) is 11.7. The minimum atomic E-state index is -2.78. The summed E-state index contributed by atoms with van der Waals surface area (Å²) in [5.41, 5.74) is 0. The molecule has 1 rings (SSSR count). The van der Waals surface area contributed by atoms with Crippen molar-refractivity contribution in [2.45, 2.75) is 57.2 Å². The lowest BCUT2D eigenvalue weighted by Crippen LogP contribution is -2.11. The van der Waals surface area contributed by atoms with Crippen molar-refractivity contribution in [3.8, 4) is 0 Å². The summed E-state index contributed by atoms with van der Waals surface area (Å²) in [5.74, 6) is 1.28. The third kappa shape index (κ3) is 5.53. The van der Waals surface area contributed by atoms with Crippen LogP contribution in [0.3, 0.4) is 0 Å². The fourth-order valence-corrected chi connectivity index (χ4v) is 3.70. The van der Waals surface area contributed by atoms with E-state index < -0.39 is 9.84 Å². The van der Waals surface area contributed by atoms with Crippen LogP contribution in [0.15, 0.2) is 0 Å². The first kappa shape index (κ1) is 14.3. The van der Waals surface area contributed by atoms with Crippen molar-refractivity contribution in [3.63, 3.8) is 0 Å². The van der Waals surface area contributed by atoms with Gasteiger partial charge in [0.05, 0.1) is 5.75 Å². The van der Waals surface area contributed by atoms with Gasteiger partial charge < -0.3 is 0 Å². The standard InChI is InChI=1S/C12H23ClO2S/c1-2-16(14,15)9-5-7-11-6-3-4-8-12(13)10-11/h11-12H,2-10H2,1H3. The molecule has 0 aliphatic heterocycles. The monoisotopic (exact) mass is 266 g/mol. The molecule has 0 aromatic heterocycles. The predicted octanol–water partition coefficient (Wildman–Crippen LogP) is 3.39. The maximum atomic E-state index is 11.3. The maximum absolute atomic E-state index is 11.3. The normalized spacial score (nSPS) is 27.6. The van der Waals surface area contributed by atoms with Crippen LogP contribution in [0, 0.1) is 5.92 Å². The summed E-state index contributed by atoms with van der Waals surface area (Å²) < 4.78 is 22.7. The number of hydrogen-bond acceptors (Lipinski definition) is 2. The molecule has 0 amide bonds. The molecule has 1 fully saturated rings. The molecule has 0 heterocycles. The van der Waals surface area contributed by atoms with Crippen molar-refractivity contribution < 1.29 is 8.42 Å². The van der Waals surface area contributed by atoms with E-state index in [9.17, 15) is 8.42 Å². The zero-order valence-electron chi connectivity index (χ0n) is 10.1. The van der Waals surface area contributed by atoms with Crippen LogP contribution in [0.1, 0.15) is 51.9 Å². The fraction of sp³-hybridized carbons (Fsp3) is 1.00. The lowest BCUT2D eigenvalue weighted by atomic mass is 9.95. The Morgan fingerprint density at radius 3 is 2.62 bits per heavy atom. The van der Waals surface area contributed by atoms with Crippen LogP contribution in [-0.4, -0.2) is 25.3 Å². The molecule has 0 bridgehead atoms. The molecule has 0 saturated heterocycles. The number of alkyl halides is 1. The number of sulfone groups is 1. The fourth-order valence-electron chi connectivity index (χ4n) is 2.39. The molecule has 0 radical (unpaired) electrons. The second-order valence-electron chi connectivity index (χ2n) is 4.86. The summed E-state index contributed by atoms with van der Waals surface area (Å²) in [6.45, 7) is 1.72. The third-order valence-electron chi connectivity index (χ3n) is 3.48. The number of hydrogen-bond donors (Lipinski definition) is 0. The SMILES string of the molecule is CCS(=O)(=O)CCCC1CCCCC(Cl)C1. The lowest BCUT2D eigenvalue weighted by Gasteiger charge is -2.15. The summed E-state index contributed by atoms with van der Waals surface area (Å²) in [6, 6.07) is 0. The highest BCUT2D eigenvalue weighted by atomic mass is 35.5. The number of rotatable bonds is 5. The molecule has 0 spiro atoms. The topological polar surface area (TPSA) is 34.1 Å². The van der Waals surface area contributed by atoms with Gasteiger partial charge in [0.1, 0.15) is 9.84 Å². The van der Waals surface area contributed by atoms with Gasteiger partial charge in [-0.2, -0.15) is 0 Å². The highest BCUT2D eigenvalue weighted by molar-refractivity contribution is 7.91. The Balaban J connectivity index is 2.26. The van der Waals surface area contributed by atoms with Crippen LogP contribution in [0.25, 0.3) is 0 Å². The lowest BCUT2D eigenvalue weighted by molar-refractivity contribution is 0.425. The van der Waals surface area contributed by atoms with E-state index in [1.54, 1.807) is 6.92 Å². The molecule has 1 aliphatic rings. The van der Waals surface area contributed by atoms with Crippen LogP contribution in [0.2, 0.25) is 0 Å². The highest BCUT2D eigenvalue weighted by Crippen LogP contribution is 2.29. The van der Waals surface area contributed by atoms with E-state index in [1.165, 1.54) is 19.3 Å². The van der Waals surface area contributed by atoms with Crippen LogP contribution < -0.4 is 0 Å². The van der Waals surface area contributed by atoms with Gasteiger partial charge in [-0.3, -0.25) is 0 Å². The zero-order chi connectivity index (χ0) is 12.0. The van der Waals surface area contributed by atoms with Crippen molar-refractivity contribution in [2.75, 3.05) is 11.5 Å². The molecule has 1 saturated carbocycles. The first-order chi connectivity index (χ1) is 7.53. The molecule has 1 aliphatic carbocycles. The summed E-state index contributed by atoms with van der Waals surface area (Å²) in [7, 11) is -2.78. The maximum Gasteiger partial charge on any atom is 0.150 e. The van der Waals surface area contributed by atoms with E-state index >= 15 is 0 Å². The molecular weight excluding hydrogens is 244 g/mol. The van der Waals surface area contributed by atoms with Crippen molar-refractivity contribution in [1.82, 2.24) is 0 Å². The van der Waals surface area contributed by atoms with Gasteiger partial charge in [0.25, 0.3) is 0 Å². The third-order valence-corrected chi connectivity index (χ3v) is 5.66. The van der Waals surface area contributed by atoms with Crippen molar-refractivity contribution >= 4 is 21.4 Å². The van der Waals surface area contributed by atoms with Gasteiger partial charge in [-0.15, -0.1) is 11.6 Å². The molecule has 2 atom stereocenters. The van der Waals surface area contributed by atoms with Crippen LogP contribution in [0.4, 0.5) is 0 Å². The van der Waals surface area contributed by atoms with Crippen molar-refractivity contribution in [3.05, 3.63) is 0 Å². The van der Waals surface area contributed by atoms with E-state index in [4.69, 9.17) is 11.6 Å². The molecule has 0 N–H and O–H groups in total. The molecule has 4 heteroatoms. The van der Waals surface area contributed by atoms with Gasteiger partial charge >= 0.3 is 0 Å². The Morgan fingerprint density at radius 2 is 1.94 bits per heavy atom. The predicted molar refractivity (Wildman–Crippen MR) is 69.8 cm³/mol. The quantitative estimate of drug-likeness (QED) is 0.565. The highest BCUT2D eigenvalue weighted by Gasteiger charge is 2.19. The van der Waals surface area contributed by atoms with Gasteiger partial charge in [0.2, 0.25) is 0 Å². The van der Waals surface area contributed by atoms with Gasteiger partial charge in [-0.05, 0) is 31.6 Å². The Hall–Kier alpha value is 0.240. The van der Waals surface area contributed by atoms with Gasteiger partial charge in [0.15, 0.2) is 0 Å². The minimum Gasteiger partial charge on any atom is -0.229 e. The van der Waals surface area contributed by atoms with E-state index in [2.05, 4.69) is 0 Å². The molecule has 2 nitrogen and oxygen atoms in total. The minimum absolute atomic E-state index is 0.274. The van der Waals surface area contributed by atoms with Gasteiger partial charge in [0, 0.05) is 11.1 Å². The Kier molecular flexibility index (Phi) is 6.12. The average Bonchev–Trinajstić information content (AvgIpc) is 2.43. The van der Waals surface area contributed by atoms with Crippen molar-refractivity contribution in [1.29, 1.82) is 0 Å². The summed E-state index contributed by atoms with van der Waals surface area (Å²) >= 11 is 6.19. The Morgan fingerprint density at radius 1 is 1.25 bits per heavy atom. The van der Waals surface area contributed by atoms with Crippen LogP contribution in [-0.2, 0) is 9.84 Å². The van der Waals surface area contributed by atoms with Crippen molar-refractivity contribution in [2.24, 2.45) is 5.92 Å². The van der Waals surface area contributed by atoms with Gasteiger partial charge in [-0.25, -0.2) is 8.42 Å². The molecule has 0 aromatic carbocycles. The van der Waals surface area contributed by atoms with E-state index in [-0.39, 0.29) is 5.75 Å². The first-order valence-electron chi connectivity index (χ1n) is 6.38. The first-order valence-corrected chi connectivity index (χ1v) is 8.64. The van der Waals surface area contributed by atoms with E-state index in [0.717, 1.165) is 25.7 Å². The summed E-state index contributed by atoms with van der Waals surface area (Å²) in [6.07, 6.45) is 7.77. The summed E-state index contributed by atoms with van der Waals surface area (Å²) in [5, 5.41) is 0.315.